The van der Waals surface area contributed by atoms with Crippen LogP contribution in [-0.4, -0.2) is 28.1 Å². The van der Waals surface area contributed by atoms with Gasteiger partial charge in [0.2, 0.25) is 10.0 Å². The molecular weight excluding hydrogens is 300 g/mol. The minimum absolute atomic E-state index is 0.0497. The van der Waals surface area contributed by atoms with E-state index < -0.39 is 32.5 Å². The van der Waals surface area contributed by atoms with Crippen molar-refractivity contribution in [3.05, 3.63) is 29.6 Å². The van der Waals surface area contributed by atoms with Crippen LogP contribution >= 0.6 is 0 Å². The average molecular weight is 314 g/mol. The number of halogens is 4. The molecule has 9 heteroatoms. The van der Waals surface area contributed by atoms with Gasteiger partial charge in [-0.15, -0.1) is 0 Å². The van der Waals surface area contributed by atoms with Crippen LogP contribution in [0, 0.1) is 5.82 Å². The van der Waals surface area contributed by atoms with Gasteiger partial charge in [-0.3, -0.25) is 0 Å². The van der Waals surface area contributed by atoms with Gasteiger partial charge in [0.05, 0.1) is 5.56 Å². The van der Waals surface area contributed by atoms with Gasteiger partial charge < -0.3 is 5.32 Å². The molecule has 20 heavy (non-hydrogen) atoms. The maximum Gasteiger partial charge on any atom is 0.416 e. The molecule has 0 radical (unpaired) electrons. The SMILES string of the molecule is CCNCCNS(=O)(=O)c1cc(C(F)(F)F)ccc1F. The zero-order valence-electron chi connectivity index (χ0n) is 10.6. The third kappa shape index (κ3) is 4.43. The highest BCUT2D eigenvalue weighted by Crippen LogP contribution is 2.31. The largest absolute Gasteiger partial charge is 0.416 e. The van der Waals surface area contributed by atoms with E-state index in [0.717, 1.165) is 0 Å². The lowest BCUT2D eigenvalue weighted by Gasteiger charge is -2.11. The van der Waals surface area contributed by atoms with Gasteiger partial charge in [-0.05, 0) is 24.7 Å². The van der Waals surface area contributed by atoms with Gasteiger partial charge >= 0.3 is 6.18 Å². The number of hydrogen-bond acceptors (Lipinski definition) is 3. The van der Waals surface area contributed by atoms with Crippen molar-refractivity contribution in [3.63, 3.8) is 0 Å². The minimum atomic E-state index is -4.73. The summed E-state index contributed by atoms with van der Waals surface area (Å²) >= 11 is 0. The zero-order chi connectivity index (χ0) is 15.4. The fourth-order valence-corrected chi connectivity index (χ4v) is 2.55. The predicted octanol–water partition coefficient (Wildman–Crippen LogP) is 1.73. The molecule has 1 rings (SSSR count). The maximum atomic E-state index is 13.4. The van der Waals surface area contributed by atoms with E-state index in [-0.39, 0.29) is 19.2 Å². The Morgan fingerprint density at radius 2 is 1.85 bits per heavy atom. The van der Waals surface area contributed by atoms with Gasteiger partial charge in [-0.1, -0.05) is 6.92 Å². The monoisotopic (exact) mass is 314 g/mol. The molecule has 2 N–H and O–H groups in total. The molecule has 0 aliphatic rings. The van der Waals surface area contributed by atoms with Crippen molar-refractivity contribution in [3.8, 4) is 0 Å². The van der Waals surface area contributed by atoms with E-state index >= 15 is 0 Å². The molecule has 1 aromatic carbocycles. The lowest BCUT2D eigenvalue weighted by atomic mass is 10.2. The summed E-state index contributed by atoms with van der Waals surface area (Å²) in [4.78, 5) is -1.01. The van der Waals surface area contributed by atoms with E-state index in [9.17, 15) is 26.0 Å². The third-order valence-electron chi connectivity index (χ3n) is 2.39. The van der Waals surface area contributed by atoms with Crippen LogP contribution in [0.1, 0.15) is 12.5 Å². The molecule has 0 saturated carbocycles. The van der Waals surface area contributed by atoms with Crippen LogP contribution in [0.5, 0.6) is 0 Å². The second-order valence-corrected chi connectivity index (χ2v) is 5.63. The summed E-state index contributed by atoms with van der Waals surface area (Å²) in [5.41, 5.74) is -1.22. The van der Waals surface area contributed by atoms with Crippen LogP contribution in [0.4, 0.5) is 17.6 Å². The molecule has 0 heterocycles. The lowest BCUT2D eigenvalue weighted by Crippen LogP contribution is -2.32. The van der Waals surface area contributed by atoms with E-state index in [0.29, 0.717) is 18.7 Å². The standard InChI is InChI=1S/C11H14F4N2O2S/c1-2-16-5-6-17-20(18,19)10-7-8(11(13,14)15)3-4-9(10)12/h3-4,7,16-17H,2,5-6H2,1H3. The predicted molar refractivity (Wildman–Crippen MR) is 65.1 cm³/mol. The summed E-state index contributed by atoms with van der Waals surface area (Å²) in [7, 11) is -4.32. The summed E-state index contributed by atoms with van der Waals surface area (Å²) in [6, 6.07) is 1.26. The Balaban J connectivity index is 2.99. The zero-order valence-corrected chi connectivity index (χ0v) is 11.4. The molecule has 1 aromatic rings. The number of likely N-dealkylation sites (N-methyl/N-ethyl adjacent to an activating group) is 1. The number of hydrogen-bond donors (Lipinski definition) is 2. The van der Waals surface area contributed by atoms with Crippen molar-refractivity contribution in [1.29, 1.82) is 0 Å². The van der Waals surface area contributed by atoms with Crippen molar-refractivity contribution < 1.29 is 26.0 Å². The fraction of sp³-hybridized carbons (Fsp3) is 0.455. The van der Waals surface area contributed by atoms with Crippen molar-refractivity contribution in [1.82, 2.24) is 10.0 Å². The smallest absolute Gasteiger partial charge is 0.316 e. The molecule has 0 aliphatic heterocycles. The maximum absolute atomic E-state index is 13.4. The first-order chi connectivity index (χ1) is 9.18. The van der Waals surface area contributed by atoms with Gasteiger partial charge in [-0.2, -0.15) is 13.2 Å². The Morgan fingerprint density at radius 3 is 2.40 bits per heavy atom. The Morgan fingerprint density at radius 1 is 1.20 bits per heavy atom. The number of benzene rings is 1. The second-order valence-electron chi connectivity index (χ2n) is 3.89. The van der Waals surface area contributed by atoms with Gasteiger partial charge in [0.25, 0.3) is 0 Å². The average Bonchev–Trinajstić information content (AvgIpc) is 2.33. The van der Waals surface area contributed by atoms with Crippen molar-refractivity contribution in [2.75, 3.05) is 19.6 Å². The first kappa shape index (κ1) is 16.9. The normalized spacial score (nSPS) is 12.7. The first-order valence-electron chi connectivity index (χ1n) is 5.75. The van der Waals surface area contributed by atoms with Crippen LogP contribution in [0.3, 0.4) is 0 Å². The quantitative estimate of drug-likeness (QED) is 0.621. The van der Waals surface area contributed by atoms with Gasteiger partial charge in [0.15, 0.2) is 0 Å². The van der Waals surface area contributed by atoms with E-state index in [4.69, 9.17) is 0 Å². The summed E-state index contributed by atoms with van der Waals surface area (Å²) < 4.78 is 76.4. The molecule has 0 aliphatic carbocycles. The molecule has 0 aromatic heterocycles. The number of nitrogens with one attached hydrogen (secondary N) is 2. The third-order valence-corrected chi connectivity index (χ3v) is 3.87. The Hall–Kier alpha value is -1.19. The van der Waals surface area contributed by atoms with E-state index in [1.807, 2.05) is 4.72 Å². The first-order valence-corrected chi connectivity index (χ1v) is 7.24. The van der Waals surface area contributed by atoms with Crippen LogP contribution in [-0.2, 0) is 16.2 Å². The highest BCUT2D eigenvalue weighted by atomic mass is 32.2. The topological polar surface area (TPSA) is 58.2 Å². The number of rotatable bonds is 6. The minimum Gasteiger partial charge on any atom is -0.316 e. The highest BCUT2D eigenvalue weighted by molar-refractivity contribution is 7.89. The van der Waals surface area contributed by atoms with Gasteiger partial charge in [0, 0.05) is 13.1 Å². The summed E-state index contributed by atoms with van der Waals surface area (Å²) in [6.07, 6.45) is -4.73. The number of sulfonamides is 1. The summed E-state index contributed by atoms with van der Waals surface area (Å²) in [5.74, 6) is -1.23. The molecule has 0 fully saturated rings. The van der Waals surface area contributed by atoms with Crippen LogP contribution in [0.25, 0.3) is 0 Å². The molecular formula is C11H14F4N2O2S. The second kappa shape index (κ2) is 6.51. The molecule has 0 spiro atoms. The van der Waals surface area contributed by atoms with Crippen LogP contribution in [0.2, 0.25) is 0 Å². The number of alkyl halides is 3. The fourth-order valence-electron chi connectivity index (χ4n) is 1.41. The Kier molecular flexibility index (Phi) is 5.49. The van der Waals surface area contributed by atoms with Crippen molar-refractivity contribution >= 4 is 10.0 Å². The lowest BCUT2D eigenvalue weighted by molar-refractivity contribution is -0.137. The van der Waals surface area contributed by atoms with Crippen LogP contribution in [0.15, 0.2) is 23.1 Å². The Labute approximate surface area is 114 Å². The van der Waals surface area contributed by atoms with Crippen molar-refractivity contribution in [2.45, 2.75) is 18.0 Å². The Bertz CT molecular complexity index is 558. The molecule has 0 saturated heterocycles. The van der Waals surface area contributed by atoms with Crippen molar-refractivity contribution in [2.24, 2.45) is 0 Å². The molecule has 4 nitrogen and oxygen atoms in total. The van der Waals surface area contributed by atoms with Gasteiger partial charge in [-0.25, -0.2) is 17.5 Å². The summed E-state index contributed by atoms with van der Waals surface area (Å²) in [5, 5.41) is 2.82. The molecule has 0 unspecified atom stereocenters. The van der Waals surface area contributed by atoms with Gasteiger partial charge in [0.1, 0.15) is 10.7 Å². The molecule has 0 atom stereocenters. The van der Waals surface area contributed by atoms with E-state index in [2.05, 4.69) is 5.32 Å². The molecule has 0 bridgehead atoms. The van der Waals surface area contributed by atoms with Crippen LogP contribution < -0.4 is 10.0 Å². The summed E-state index contributed by atoms with van der Waals surface area (Å²) in [6.45, 7) is 2.66. The highest BCUT2D eigenvalue weighted by Gasteiger charge is 2.32. The molecule has 114 valence electrons. The van der Waals surface area contributed by atoms with E-state index in [1.54, 1.807) is 6.92 Å². The molecule has 0 amide bonds. The van der Waals surface area contributed by atoms with E-state index in [1.165, 1.54) is 0 Å².